The molecule has 2 heterocycles. The van der Waals surface area contributed by atoms with E-state index < -0.39 is 0 Å². The number of furan rings is 1. The molecule has 0 unspecified atom stereocenters. The van der Waals surface area contributed by atoms with Crippen LogP contribution >= 0.6 is 0 Å². The second kappa shape index (κ2) is 8.85. The molecule has 0 N–H and O–H groups in total. The SMILES string of the molecule is Cc1nc(-c2ccccc2)nc(-c2cccc3oc4ccc(-c5cc6ccccc6c6ccccc56)cc4c23)n1. The molecule has 188 valence electrons. The molecule has 0 aliphatic carbocycles. The van der Waals surface area contributed by atoms with Crippen LogP contribution in [0.2, 0.25) is 0 Å². The summed E-state index contributed by atoms with van der Waals surface area (Å²) in [4.78, 5) is 14.3. The largest absolute Gasteiger partial charge is 0.456 e. The molecule has 0 atom stereocenters. The molecule has 2 aromatic heterocycles. The second-order valence-corrected chi connectivity index (χ2v) is 10.1. The van der Waals surface area contributed by atoms with Gasteiger partial charge in [0, 0.05) is 21.9 Å². The van der Waals surface area contributed by atoms with Crippen LogP contribution in [-0.2, 0) is 0 Å². The summed E-state index contributed by atoms with van der Waals surface area (Å²) in [6.07, 6.45) is 0. The maximum absolute atomic E-state index is 6.34. The van der Waals surface area contributed by atoms with Gasteiger partial charge in [0.15, 0.2) is 11.6 Å². The molecule has 4 nitrogen and oxygen atoms in total. The number of hydrogen-bond acceptors (Lipinski definition) is 4. The molecule has 8 aromatic rings. The number of nitrogens with zero attached hydrogens (tertiary/aromatic N) is 3. The van der Waals surface area contributed by atoms with E-state index in [4.69, 9.17) is 14.4 Å². The quantitative estimate of drug-likeness (QED) is 0.221. The first-order chi connectivity index (χ1) is 19.7. The van der Waals surface area contributed by atoms with Gasteiger partial charge in [-0.1, -0.05) is 97.1 Å². The van der Waals surface area contributed by atoms with E-state index >= 15 is 0 Å². The van der Waals surface area contributed by atoms with Crippen molar-refractivity contribution in [3.63, 3.8) is 0 Å². The molecular formula is C36H23N3O. The first kappa shape index (κ1) is 22.6. The molecule has 4 heteroatoms. The summed E-state index contributed by atoms with van der Waals surface area (Å²) in [5, 5.41) is 7.02. The standard InChI is InChI=1S/C36H23N3O/c1-22-37-35(23-10-3-2-4-11-23)39-36(38-22)29-16-9-17-33-34(29)31-21-25(18-19-32(31)40-33)30-20-24-12-5-6-13-26(24)27-14-7-8-15-28(27)30/h2-21H,1H3. The lowest BCUT2D eigenvalue weighted by Crippen LogP contribution is -1.99. The Bertz CT molecular complexity index is 2230. The molecule has 6 aromatic carbocycles. The number of hydrogen-bond donors (Lipinski definition) is 0. The predicted octanol–water partition coefficient (Wildman–Crippen LogP) is 9.39. The molecule has 0 spiro atoms. The van der Waals surface area contributed by atoms with Crippen LogP contribution in [0, 0.1) is 6.92 Å². The molecule has 0 saturated heterocycles. The topological polar surface area (TPSA) is 51.8 Å². The van der Waals surface area contributed by atoms with Crippen LogP contribution in [0.1, 0.15) is 5.82 Å². The summed E-state index contributed by atoms with van der Waals surface area (Å²) < 4.78 is 6.34. The van der Waals surface area contributed by atoms with Crippen LogP contribution in [0.4, 0.5) is 0 Å². The molecule has 0 saturated carbocycles. The Hall–Kier alpha value is -5.35. The predicted molar refractivity (Wildman–Crippen MR) is 163 cm³/mol. The smallest absolute Gasteiger partial charge is 0.164 e. The highest BCUT2D eigenvalue weighted by molar-refractivity contribution is 6.16. The Balaban J connectivity index is 1.38. The Morgan fingerprint density at radius 2 is 1.23 bits per heavy atom. The summed E-state index contributed by atoms with van der Waals surface area (Å²) >= 11 is 0. The van der Waals surface area contributed by atoms with Crippen molar-refractivity contribution < 1.29 is 4.42 Å². The van der Waals surface area contributed by atoms with Gasteiger partial charge in [0.2, 0.25) is 0 Å². The molecule has 0 amide bonds. The fourth-order valence-corrected chi connectivity index (χ4v) is 5.79. The monoisotopic (exact) mass is 513 g/mol. The minimum atomic E-state index is 0.640. The fourth-order valence-electron chi connectivity index (χ4n) is 5.79. The summed E-state index contributed by atoms with van der Waals surface area (Å²) in [6.45, 7) is 1.91. The molecule has 0 fully saturated rings. The summed E-state index contributed by atoms with van der Waals surface area (Å²) in [5.41, 5.74) is 5.88. The van der Waals surface area contributed by atoms with Crippen molar-refractivity contribution in [1.29, 1.82) is 0 Å². The number of aryl methyl sites for hydroxylation is 1. The third-order valence-electron chi connectivity index (χ3n) is 7.59. The highest BCUT2D eigenvalue weighted by Gasteiger charge is 2.17. The molecular weight excluding hydrogens is 490 g/mol. The van der Waals surface area contributed by atoms with Gasteiger partial charge in [-0.25, -0.2) is 15.0 Å². The molecule has 0 aliphatic rings. The maximum atomic E-state index is 6.34. The van der Waals surface area contributed by atoms with Crippen molar-refractivity contribution in [3.8, 4) is 33.9 Å². The van der Waals surface area contributed by atoms with E-state index in [2.05, 4.69) is 83.8 Å². The normalized spacial score (nSPS) is 11.6. The lowest BCUT2D eigenvalue weighted by atomic mass is 9.92. The van der Waals surface area contributed by atoms with Gasteiger partial charge in [-0.05, 0) is 63.9 Å². The van der Waals surface area contributed by atoms with Crippen LogP contribution < -0.4 is 0 Å². The van der Waals surface area contributed by atoms with Gasteiger partial charge in [-0.2, -0.15) is 0 Å². The Morgan fingerprint density at radius 1 is 0.475 bits per heavy atom. The number of rotatable bonds is 3. The Kier molecular flexibility index (Phi) is 5.01. The maximum Gasteiger partial charge on any atom is 0.164 e. The first-order valence-electron chi connectivity index (χ1n) is 13.4. The molecule has 0 bridgehead atoms. The second-order valence-electron chi connectivity index (χ2n) is 10.1. The third kappa shape index (κ3) is 3.57. The highest BCUT2D eigenvalue weighted by atomic mass is 16.3. The van der Waals surface area contributed by atoms with E-state index in [0.29, 0.717) is 17.5 Å². The van der Waals surface area contributed by atoms with Crippen molar-refractivity contribution in [1.82, 2.24) is 15.0 Å². The molecule has 40 heavy (non-hydrogen) atoms. The van der Waals surface area contributed by atoms with Crippen molar-refractivity contribution in [2.24, 2.45) is 0 Å². The van der Waals surface area contributed by atoms with Gasteiger partial charge in [-0.3, -0.25) is 0 Å². The zero-order valence-corrected chi connectivity index (χ0v) is 21.8. The zero-order chi connectivity index (χ0) is 26.6. The minimum absolute atomic E-state index is 0.640. The fraction of sp³-hybridized carbons (Fsp3) is 0.0278. The average molecular weight is 514 g/mol. The number of benzene rings is 6. The number of aromatic nitrogens is 3. The average Bonchev–Trinajstić information content (AvgIpc) is 3.39. The Morgan fingerprint density at radius 3 is 2.10 bits per heavy atom. The van der Waals surface area contributed by atoms with Gasteiger partial charge < -0.3 is 4.42 Å². The Labute approximate surface area is 230 Å². The lowest BCUT2D eigenvalue weighted by molar-refractivity contribution is 0.669. The first-order valence-corrected chi connectivity index (χ1v) is 13.4. The van der Waals surface area contributed by atoms with E-state index in [-0.39, 0.29) is 0 Å². The lowest BCUT2D eigenvalue weighted by Gasteiger charge is -2.11. The number of fused-ring (bicyclic) bond motifs is 6. The van der Waals surface area contributed by atoms with Crippen LogP contribution in [-0.4, -0.2) is 15.0 Å². The van der Waals surface area contributed by atoms with Crippen LogP contribution in [0.25, 0.3) is 77.4 Å². The summed E-state index contributed by atoms with van der Waals surface area (Å²) in [5.74, 6) is 1.98. The molecule has 0 aliphatic heterocycles. The van der Waals surface area contributed by atoms with Crippen molar-refractivity contribution in [2.45, 2.75) is 6.92 Å². The van der Waals surface area contributed by atoms with E-state index in [1.54, 1.807) is 0 Å². The van der Waals surface area contributed by atoms with Gasteiger partial charge in [0.1, 0.15) is 17.0 Å². The third-order valence-corrected chi connectivity index (χ3v) is 7.59. The van der Waals surface area contributed by atoms with Gasteiger partial charge in [-0.15, -0.1) is 0 Å². The van der Waals surface area contributed by atoms with Gasteiger partial charge in [0.05, 0.1) is 0 Å². The van der Waals surface area contributed by atoms with Crippen molar-refractivity contribution >= 4 is 43.5 Å². The zero-order valence-electron chi connectivity index (χ0n) is 21.8. The molecule has 8 rings (SSSR count). The van der Waals surface area contributed by atoms with E-state index in [1.807, 2.05) is 49.4 Å². The van der Waals surface area contributed by atoms with Crippen LogP contribution in [0.3, 0.4) is 0 Å². The summed E-state index contributed by atoms with van der Waals surface area (Å²) in [7, 11) is 0. The van der Waals surface area contributed by atoms with Crippen molar-refractivity contribution in [2.75, 3.05) is 0 Å². The van der Waals surface area contributed by atoms with E-state index in [0.717, 1.165) is 38.6 Å². The van der Waals surface area contributed by atoms with Gasteiger partial charge >= 0.3 is 0 Å². The van der Waals surface area contributed by atoms with E-state index in [1.165, 1.54) is 27.1 Å². The van der Waals surface area contributed by atoms with E-state index in [9.17, 15) is 0 Å². The van der Waals surface area contributed by atoms with Crippen LogP contribution in [0.15, 0.2) is 126 Å². The van der Waals surface area contributed by atoms with Gasteiger partial charge in [0.25, 0.3) is 0 Å². The highest BCUT2D eigenvalue weighted by Crippen LogP contribution is 2.40. The molecule has 0 radical (unpaired) electrons. The van der Waals surface area contributed by atoms with Crippen LogP contribution in [0.5, 0.6) is 0 Å². The summed E-state index contributed by atoms with van der Waals surface area (Å²) in [6, 6.07) is 42.1. The van der Waals surface area contributed by atoms with Crippen molar-refractivity contribution in [3.05, 3.63) is 127 Å². The minimum Gasteiger partial charge on any atom is -0.456 e.